The van der Waals surface area contributed by atoms with E-state index >= 15 is 0 Å². The molecule has 2 nitrogen and oxygen atoms in total. The molecule has 0 radical (unpaired) electrons. The molecule has 1 heterocycles. The third-order valence-electron chi connectivity index (χ3n) is 2.04. The first-order chi connectivity index (χ1) is 5.92. The number of aldehydes is 1. The van der Waals surface area contributed by atoms with E-state index in [9.17, 15) is 4.79 Å². The predicted molar refractivity (Wildman–Crippen MR) is 44.7 cm³/mol. The summed E-state index contributed by atoms with van der Waals surface area (Å²) in [5.74, 6) is 0. The van der Waals surface area contributed by atoms with Crippen molar-refractivity contribution < 1.29 is 9.53 Å². The molecule has 1 aliphatic rings. The molecule has 1 aromatic rings. The van der Waals surface area contributed by atoms with Crippen LogP contribution in [0.1, 0.15) is 18.1 Å². The molecule has 0 amide bonds. The van der Waals surface area contributed by atoms with Crippen molar-refractivity contribution in [2.24, 2.45) is 0 Å². The average molecular weight is 162 g/mol. The average Bonchev–Trinajstić information content (AvgIpc) is 2.87. The summed E-state index contributed by atoms with van der Waals surface area (Å²) in [5.41, 5.74) is 1.17. The van der Waals surface area contributed by atoms with Crippen LogP contribution in [0.2, 0.25) is 0 Å². The van der Waals surface area contributed by atoms with Crippen LogP contribution < -0.4 is 0 Å². The zero-order valence-electron chi connectivity index (χ0n) is 6.64. The van der Waals surface area contributed by atoms with Gasteiger partial charge in [-0.15, -0.1) is 0 Å². The zero-order valence-corrected chi connectivity index (χ0v) is 6.64. The van der Waals surface area contributed by atoms with E-state index in [1.165, 1.54) is 5.56 Å². The number of carbonyl (C=O) groups is 1. The maximum Gasteiger partial charge on any atom is 0.122 e. The number of benzene rings is 1. The van der Waals surface area contributed by atoms with Gasteiger partial charge in [-0.3, -0.25) is 0 Å². The lowest BCUT2D eigenvalue weighted by Crippen LogP contribution is -1.88. The third-order valence-corrected chi connectivity index (χ3v) is 2.04. The standard InChI is InChI=1S/C10H10O2/c11-7-6-9-10(12-9)8-4-2-1-3-5-8/h1-5,7,9-10H,6H2/t9-,10-/m0/s1. The van der Waals surface area contributed by atoms with Gasteiger partial charge in [0.25, 0.3) is 0 Å². The molecule has 0 aliphatic carbocycles. The van der Waals surface area contributed by atoms with Crippen LogP contribution in [0.4, 0.5) is 0 Å². The van der Waals surface area contributed by atoms with Gasteiger partial charge in [0.15, 0.2) is 0 Å². The second kappa shape index (κ2) is 3.07. The predicted octanol–water partition coefficient (Wildman–Crippen LogP) is 1.72. The summed E-state index contributed by atoms with van der Waals surface area (Å²) in [5, 5.41) is 0. The van der Waals surface area contributed by atoms with Crippen LogP contribution in [0, 0.1) is 0 Å². The second-order valence-electron chi connectivity index (χ2n) is 2.91. The number of rotatable bonds is 3. The van der Waals surface area contributed by atoms with Crippen LogP contribution in [0.5, 0.6) is 0 Å². The van der Waals surface area contributed by atoms with Crippen LogP contribution >= 0.6 is 0 Å². The molecule has 1 aliphatic heterocycles. The van der Waals surface area contributed by atoms with Gasteiger partial charge in [-0.1, -0.05) is 30.3 Å². The van der Waals surface area contributed by atoms with Gasteiger partial charge in [-0.25, -0.2) is 0 Å². The minimum atomic E-state index is 0.130. The first-order valence-electron chi connectivity index (χ1n) is 4.06. The summed E-state index contributed by atoms with van der Waals surface area (Å²) < 4.78 is 5.31. The molecule has 12 heavy (non-hydrogen) atoms. The molecule has 0 bridgehead atoms. The van der Waals surface area contributed by atoms with Gasteiger partial charge in [0.1, 0.15) is 12.4 Å². The van der Waals surface area contributed by atoms with Crippen molar-refractivity contribution in [2.75, 3.05) is 0 Å². The smallest absolute Gasteiger partial charge is 0.122 e. The molecule has 0 aromatic heterocycles. The molecule has 1 aromatic carbocycles. The van der Waals surface area contributed by atoms with Gasteiger partial charge in [0.05, 0.1) is 6.10 Å². The van der Waals surface area contributed by atoms with E-state index in [2.05, 4.69) is 0 Å². The van der Waals surface area contributed by atoms with Gasteiger partial charge in [0.2, 0.25) is 0 Å². The Morgan fingerprint density at radius 1 is 1.33 bits per heavy atom. The van der Waals surface area contributed by atoms with Crippen LogP contribution in [0.3, 0.4) is 0 Å². The minimum absolute atomic E-state index is 0.130. The van der Waals surface area contributed by atoms with Crippen molar-refractivity contribution in [3.8, 4) is 0 Å². The Kier molecular flexibility index (Phi) is 1.92. The summed E-state index contributed by atoms with van der Waals surface area (Å²) in [6.45, 7) is 0. The molecule has 62 valence electrons. The van der Waals surface area contributed by atoms with E-state index in [4.69, 9.17) is 4.74 Å². The highest BCUT2D eigenvalue weighted by molar-refractivity contribution is 5.51. The number of ether oxygens (including phenoxy) is 1. The van der Waals surface area contributed by atoms with E-state index in [0.717, 1.165) is 6.29 Å². The summed E-state index contributed by atoms with van der Waals surface area (Å²) in [7, 11) is 0. The van der Waals surface area contributed by atoms with E-state index < -0.39 is 0 Å². The van der Waals surface area contributed by atoms with Crippen LogP contribution in [0.25, 0.3) is 0 Å². The quantitative estimate of drug-likeness (QED) is 0.500. The second-order valence-corrected chi connectivity index (χ2v) is 2.91. The summed E-state index contributed by atoms with van der Waals surface area (Å²) in [6.07, 6.45) is 1.72. The number of hydrogen-bond donors (Lipinski definition) is 0. The summed E-state index contributed by atoms with van der Waals surface area (Å²) >= 11 is 0. The summed E-state index contributed by atoms with van der Waals surface area (Å²) in [4.78, 5) is 10.2. The lowest BCUT2D eigenvalue weighted by molar-refractivity contribution is -0.108. The van der Waals surface area contributed by atoms with Gasteiger partial charge in [-0.05, 0) is 5.56 Å². The highest BCUT2D eigenvalue weighted by atomic mass is 16.6. The van der Waals surface area contributed by atoms with Crippen molar-refractivity contribution in [3.05, 3.63) is 35.9 Å². The Morgan fingerprint density at radius 3 is 2.75 bits per heavy atom. The van der Waals surface area contributed by atoms with Crippen LogP contribution in [0.15, 0.2) is 30.3 Å². The molecule has 1 saturated heterocycles. The van der Waals surface area contributed by atoms with Gasteiger partial charge in [-0.2, -0.15) is 0 Å². The van der Waals surface area contributed by atoms with Gasteiger partial charge >= 0.3 is 0 Å². The maximum absolute atomic E-state index is 10.2. The Balaban J connectivity index is 2.01. The fourth-order valence-electron chi connectivity index (χ4n) is 1.35. The molecule has 0 saturated carbocycles. The van der Waals surface area contributed by atoms with Gasteiger partial charge in [0, 0.05) is 6.42 Å². The van der Waals surface area contributed by atoms with Crippen molar-refractivity contribution in [1.29, 1.82) is 0 Å². The Morgan fingerprint density at radius 2 is 2.08 bits per heavy atom. The highest BCUT2D eigenvalue weighted by Crippen LogP contribution is 2.39. The van der Waals surface area contributed by atoms with E-state index in [-0.39, 0.29) is 12.2 Å². The van der Waals surface area contributed by atoms with E-state index in [1.807, 2.05) is 30.3 Å². The number of hydrogen-bond acceptors (Lipinski definition) is 2. The molecule has 1 fully saturated rings. The molecular weight excluding hydrogens is 152 g/mol. The Labute approximate surface area is 71.2 Å². The monoisotopic (exact) mass is 162 g/mol. The lowest BCUT2D eigenvalue weighted by atomic mass is 10.1. The fourth-order valence-corrected chi connectivity index (χ4v) is 1.35. The molecule has 2 heteroatoms. The SMILES string of the molecule is O=CC[C@@H]1O[C@H]1c1ccccc1. The van der Waals surface area contributed by atoms with Crippen molar-refractivity contribution in [2.45, 2.75) is 18.6 Å². The molecule has 2 atom stereocenters. The Bertz CT molecular complexity index is 268. The molecular formula is C10H10O2. The molecule has 0 unspecified atom stereocenters. The highest BCUT2D eigenvalue weighted by Gasteiger charge is 2.39. The molecule has 0 N–H and O–H groups in total. The first-order valence-corrected chi connectivity index (χ1v) is 4.06. The largest absolute Gasteiger partial charge is 0.364 e. The topological polar surface area (TPSA) is 29.6 Å². The Hall–Kier alpha value is -1.15. The number of epoxide rings is 1. The summed E-state index contributed by atoms with van der Waals surface area (Å²) in [6, 6.07) is 9.98. The van der Waals surface area contributed by atoms with Crippen molar-refractivity contribution in [1.82, 2.24) is 0 Å². The van der Waals surface area contributed by atoms with Gasteiger partial charge < -0.3 is 9.53 Å². The molecule has 0 spiro atoms. The maximum atomic E-state index is 10.2. The third kappa shape index (κ3) is 1.38. The van der Waals surface area contributed by atoms with Crippen molar-refractivity contribution in [3.63, 3.8) is 0 Å². The molecule has 2 rings (SSSR count). The first kappa shape index (κ1) is 7.50. The zero-order chi connectivity index (χ0) is 8.39. The van der Waals surface area contributed by atoms with E-state index in [1.54, 1.807) is 0 Å². The van der Waals surface area contributed by atoms with E-state index in [0.29, 0.717) is 6.42 Å². The normalized spacial score (nSPS) is 26.7. The van der Waals surface area contributed by atoms with Crippen LogP contribution in [-0.2, 0) is 9.53 Å². The number of carbonyl (C=O) groups excluding carboxylic acids is 1. The fraction of sp³-hybridized carbons (Fsp3) is 0.300. The van der Waals surface area contributed by atoms with Crippen LogP contribution in [-0.4, -0.2) is 12.4 Å². The minimum Gasteiger partial charge on any atom is -0.364 e. The lowest BCUT2D eigenvalue weighted by Gasteiger charge is -1.91. The van der Waals surface area contributed by atoms with Crippen molar-refractivity contribution >= 4 is 6.29 Å².